The van der Waals surface area contributed by atoms with Crippen LogP contribution in [0.25, 0.3) is 10.8 Å². The van der Waals surface area contributed by atoms with Crippen LogP contribution in [-0.4, -0.2) is 32.0 Å². The standard InChI is InChI=1S/C17H18N2O6/c1-9(20)25-17(15(18)21,16(19)22)12-6-4-5-10-7-13(23-2)14(24-3)8-11(10)12/h4-8H,1-3H3,(H2,18,21)(H2,19,22). The van der Waals surface area contributed by atoms with Gasteiger partial charge in [-0.1, -0.05) is 18.2 Å². The molecule has 0 atom stereocenters. The van der Waals surface area contributed by atoms with Crippen molar-refractivity contribution in [3.05, 3.63) is 35.9 Å². The van der Waals surface area contributed by atoms with Gasteiger partial charge >= 0.3 is 5.97 Å². The van der Waals surface area contributed by atoms with E-state index in [2.05, 4.69) is 0 Å². The number of benzene rings is 2. The van der Waals surface area contributed by atoms with E-state index in [0.717, 1.165) is 6.92 Å². The van der Waals surface area contributed by atoms with E-state index < -0.39 is 23.4 Å². The number of methoxy groups -OCH3 is 2. The van der Waals surface area contributed by atoms with Crippen LogP contribution in [0, 0.1) is 0 Å². The molecule has 0 aliphatic rings. The van der Waals surface area contributed by atoms with Gasteiger partial charge < -0.3 is 25.7 Å². The lowest BCUT2D eigenvalue weighted by Crippen LogP contribution is -2.54. The van der Waals surface area contributed by atoms with E-state index >= 15 is 0 Å². The van der Waals surface area contributed by atoms with Crippen molar-refractivity contribution in [2.45, 2.75) is 12.5 Å². The Morgan fingerprint density at radius 1 is 0.960 bits per heavy atom. The molecule has 2 rings (SSSR count). The molecule has 0 heterocycles. The van der Waals surface area contributed by atoms with Crippen molar-refractivity contribution in [3.8, 4) is 11.5 Å². The van der Waals surface area contributed by atoms with Gasteiger partial charge in [-0.2, -0.15) is 0 Å². The highest BCUT2D eigenvalue weighted by atomic mass is 16.6. The molecule has 25 heavy (non-hydrogen) atoms. The first-order valence-electron chi connectivity index (χ1n) is 7.22. The van der Waals surface area contributed by atoms with Crippen molar-refractivity contribution < 1.29 is 28.6 Å². The first-order chi connectivity index (χ1) is 11.8. The maximum Gasteiger partial charge on any atom is 0.304 e. The van der Waals surface area contributed by atoms with Gasteiger partial charge in [0.2, 0.25) is 0 Å². The molecule has 0 aliphatic carbocycles. The minimum Gasteiger partial charge on any atom is -0.493 e. The van der Waals surface area contributed by atoms with Crippen molar-refractivity contribution in [3.63, 3.8) is 0 Å². The monoisotopic (exact) mass is 346 g/mol. The molecular formula is C17H18N2O6. The molecule has 8 nitrogen and oxygen atoms in total. The fourth-order valence-electron chi connectivity index (χ4n) is 2.67. The number of hydrogen-bond acceptors (Lipinski definition) is 6. The number of amides is 2. The van der Waals surface area contributed by atoms with Crippen LogP contribution in [-0.2, 0) is 24.7 Å². The van der Waals surface area contributed by atoms with E-state index in [1.54, 1.807) is 24.3 Å². The van der Waals surface area contributed by atoms with Gasteiger partial charge in [-0.05, 0) is 22.9 Å². The number of primary amides is 2. The summed E-state index contributed by atoms with van der Waals surface area (Å²) in [5.41, 5.74) is 8.40. The molecule has 2 amide bonds. The highest BCUT2D eigenvalue weighted by Crippen LogP contribution is 2.38. The van der Waals surface area contributed by atoms with E-state index in [4.69, 9.17) is 25.7 Å². The number of carbonyl (C=O) groups excluding carboxylic acids is 3. The summed E-state index contributed by atoms with van der Waals surface area (Å²) in [6, 6.07) is 7.94. The second-order valence-corrected chi connectivity index (χ2v) is 5.24. The summed E-state index contributed by atoms with van der Waals surface area (Å²) >= 11 is 0. The summed E-state index contributed by atoms with van der Waals surface area (Å²) in [6.07, 6.45) is 0. The van der Waals surface area contributed by atoms with Crippen LogP contribution in [0.5, 0.6) is 11.5 Å². The molecule has 0 saturated heterocycles. The number of ether oxygens (including phenoxy) is 3. The van der Waals surface area contributed by atoms with Crippen LogP contribution in [0.2, 0.25) is 0 Å². The SMILES string of the molecule is COc1cc2cccc(C(OC(C)=O)(C(N)=O)C(N)=O)c2cc1OC. The Hall–Kier alpha value is -3.29. The topological polar surface area (TPSA) is 131 Å². The first kappa shape index (κ1) is 18.1. The summed E-state index contributed by atoms with van der Waals surface area (Å²) in [7, 11) is 2.91. The third-order valence-corrected chi connectivity index (χ3v) is 3.75. The molecule has 4 N–H and O–H groups in total. The lowest BCUT2D eigenvalue weighted by molar-refractivity contribution is -0.172. The van der Waals surface area contributed by atoms with Crippen LogP contribution in [0.4, 0.5) is 0 Å². The zero-order valence-electron chi connectivity index (χ0n) is 14.0. The van der Waals surface area contributed by atoms with Gasteiger partial charge in [-0.3, -0.25) is 14.4 Å². The average molecular weight is 346 g/mol. The Kier molecular flexibility index (Phi) is 4.82. The molecule has 0 aliphatic heterocycles. The van der Waals surface area contributed by atoms with E-state index in [1.807, 2.05) is 0 Å². The fraction of sp³-hybridized carbons (Fsp3) is 0.235. The van der Waals surface area contributed by atoms with Gasteiger partial charge in [-0.25, -0.2) is 0 Å². The Morgan fingerprint density at radius 2 is 1.52 bits per heavy atom. The summed E-state index contributed by atoms with van der Waals surface area (Å²) < 4.78 is 15.5. The van der Waals surface area contributed by atoms with Gasteiger partial charge in [0.1, 0.15) is 0 Å². The van der Waals surface area contributed by atoms with E-state index in [9.17, 15) is 14.4 Å². The molecule has 0 fully saturated rings. The third-order valence-electron chi connectivity index (χ3n) is 3.75. The normalized spacial score (nSPS) is 11.0. The molecular weight excluding hydrogens is 328 g/mol. The Morgan fingerprint density at radius 3 is 2.00 bits per heavy atom. The molecule has 0 unspecified atom stereocenters. The first-order valence-corrected chi connectivity index (χ1v) is 7.22. The van der Waals surface area contributed by atoms with Gasteiger partial charge in [-0.15, -0.1) is 0 Å². The molecule has 0 spiro atoms. The number of fused-ring (bicyclic) bond motifs is 1. The highest BCUT2D eigenvalue weighted by Gasteiger charge is 2.49. The van der Waals surface area contributed by atoms with E-state index in [-0.39, 0.29) is 5.56 Å². The van der Waals surface area contributed by atoms with Crippen LogP contribution < -0.4 is 20.9 Å². The molecule has 0 radical (unpaired) electrons. The summed E-state index contributed by atoms with van der Waals surface area (Å²) in [6.45, 7) is 1.05. The third kappa shape index (κ3) is 2.93. The smallest absolute Gasteiger partial charge is 0.304 e. The molecule has 8 heteroatoms. The van der Waals surface area contributed by atoms with Gasteiger partial charge in [0.05, 0.1) is 14.2 Å². The average Bonchev–Trinajstić information content (AvgIpc) is 2.57. The number of rotatable bonds is 6. The zero-order chi connectivity index (χ0) is 18.8. The molecule has 0 bridgehead atoms. The number of carbonyl (C=O) groups is 3. The molecule has 2 aromatic carbocycles. The quantitative estimate of drug-likeness (QED) is 0.581. The molecule has 0 saturated carbocycles. The second-order valence-electron chi connectivity index (χ2n) is 5.24. The van der Waals surface area contributed by atoms with Gasteiger partial charge in [0, 0.05) is 12.5 Å². The number of esters is 1. The summed E-state index contributed by atoms with van der Waals surface area (Å²) in [5.74, 6) is -2.47. The predicted molar refractivity (Wildman–Crippen MR) is 88.9 cm³/mol. The summed E-state index contributed by atoms with van der Waals surface area (Å²) in [4.78, 5) is 35.7. The van der Waals surface area contributed by atoms with Crippen molar-refractivity contribution in [2.75, 3.05) is 14.2 Å². The molecule has 2 aromatic rings. The lowest BCUT2D eigenvalue weighted by atomic mass is 9.87. The maximum atomic E-state index is 12.1. The minimum atomic E-state index is -2.44. The number of nitrogens with two attached hydrogens (primary N) is 2. The van der Waals surface area contributed by atoms with E-state index in [0.29, 0.717) is 22.3 Å². The Labute approximate surface area is 143 Å². The largest absolute Gasteiger partial charge is 0.493 e. The minimum absolute atomic E-state index is 0.0427. The zero-order valence-corrected chi connectivity index (χ0v) is 14.0. The van der Waals surface area contributed by atoms with Crippen molar-refractivity contribution in [1.29, 1.82) is 0 Å². The van der Waals surface area contributed by atoms with E-state index in [1.165, 1.54) is 20.3 Å². The Balaban J connectivity index is 2.90. The molecule has 132 valence electrons. The highest BCUT2D eigenvalue weighted by molar-refractivity contribution is 6.12. The van der Waals surface area contributed by atoms with Crippen molar-refractivity contribution in [1.82, 2.24) is 0 Å². The van der Waals surface area contributed by atoms with Crippen molar-refractivity contribution >= 4 is 28.6 Å². The second kappa shape index (κ2) is 6.68. The van der Waals surface area contributed by atoms with Gasteiger partial charge in [0.25, 0.3) is 17.4 Å². The van der Waals surface area contributed by atoms with Crippen LogP contribution in [0.1, 0.15) is 12.5 Å². The van der Waals surface area contributed by atoms with Crippen molar-refractivity contribution in [2.24, 2.45) is 11.5 Å². The van der Waals surface area contributed by atoms with Crippen LogP contribution in [0.15, 0.2) is 30.3 Å². The maximum absolute atomic E-state index is 12.1. The lowest BCUT2D eigenvalue weighted by Gasteiger charge is -2.28. The van der Waals surface area contributed by atoms with Gasteiger partial charge in [0.15, 0.2) is 11.5 Å². The Bertz CT molecular complexity index is 848. The van der Waals surface area contributed by atoms with Crippen LogP contribution >= 0.6 is 0 Å². The number of hydrogen-bond donors (Lipinski definition) is 2. The predicted octanol–water partition coefficient (Wildman–Crippen LogP) is 0.586. The molecule has 0 aromatic heterocycles. The fourth-order valence-corrected chi connectivity index (χ4v) is 2.67. The summed E-state index contributed by atoms with van der Waals surface area (Å²) in [5, 5.41) is 1.01. The van der Waals surface area contributed by atoms with Crippen LogP contribution in [0.3, 0.4) is 0 Å².